The molecule has 0 amide bonds. The molecule has 1 saturated heterocycles. The number of allylic oxidation sites excluding steroid dienone is 2. The van der Waals surface area contributed by atoms with E-state index in [1.54, 1.807) is 36.4 Å². The first kappa shape index (κ1) is 23.8. The zero-order chi connectivity index (χ0) is 23.8. The minimum atomic E-state index is -3.36. The van der Waals surface area contributed by atoms with Gasteiger partial charge in [-0.25, -0.2) is 4.79 Å². The number of hydrogen-bond acceptors (Lipinski definition) is 11. The number of fused-ring (bicyclic) bond motifs is 1. The molecule has 3 aliphatic rings. The summed E-state index contributed by atoms with van der Waals surface area (Å²) in [5.41, 5.74) is 1.09. The van der Waals surface area contributed by atoms with E-state index < -0.39 is 54.9 Å². The summed E-state index contributed by atoms with van der Waals surface area (Å²) in [5, 5.41) is 59.8. The van der Waals surface area contributed by atoms with Crippen molar-refractivity contribution in [3.63, 3.8) is 0 Å². The summed E-state index contributed by atoms with van der Waals surface area (Å²) in [7, 11) is 0. The predicted molar refractivity (Wildman–Crippen MR) is 108 cm³/mol. The van der Waals surface area contributed by atoms with Crippen LogP contribution >= 0.6 is 0 Å². The first-order valence-corrected chi connectivity index (χ1v) is 10.4. The van der Waals surface area contributed by atoms with Gasteiger partial charge in [0.2, 0.25) is 12.1 Å². The molecular weight excluding hydrogens is 440 g/mol. The molecule has 1 aromatic carbocycles. The Morgan fingerprint density at radius 2 is 1.85 bits per heavy atom. The van der Waals surface area contributed by atoms with Crippen molar-refractivity contribution in [3.8, 4) is 0 Å². The maximum Gasteiger partial charge on any atom is 0.338 e. The van der Waals surface area contributed by atoms with Crippen molar-refractivity contribution in [2.75, 3.05) is 13.2 Å². The highest BCUT2D eigenvalue weighted by Gasteiger charge is 2.64. The van der Waals surface area contributed by atoms with Crippen LogP contribution in [0.25, 0.3) is 0 Å². The molecule has 33 heavy (non-hydrogen) atoms. The third-order valence-corrected chi connectivity index (χ3v) is 6.14. The van der Waals surface area contributed by atoms with Crippen LogP contribution in [-0.2, 0) is 18.9 Å². The number of carbonyl (C=O) groups excluding carboxylic acids is 1. The molecule has 0 bridgehead atoms. The van der Waals surface area contributed by atoms with Crippen LogP contribution < -0.4 is 0 Å². The molecule has 1 aromatic rings. The lowest BCUT2D eigenvalue weighted by Gasteiger charge is -2.49. The molecule has 6 N–H and O–H groups in total. The van der Waals surface area contributed by atoms with E-state index in [-0.39, 0.29) is 12.5 Å². The van der Waals surface area contributed by atoms with E-state index in [2.05, 4.69) is 0 Å². The average molecular weight is 466 g/mol. The zero-order valence-electron chi connectivity index (χ0n) is 17.4. The van der Waals surface area contributed by atoms with Crippen LogP contribution in [0.4, 0.5) is 0 Å². The van der Waals surface area contributed by atoms with E-state index in [4.69, 9.17) is 18.9 Å². The van der Waals surface area contributed by atoms with Crippen molar-refractivity contribution in [1.29, 1.82) is 0 Å². The Balaban J connectivity index is 1.46. The number of ether oxygens (including phenoxy) is 4. The van der Waals surface area contributed by atoms with Crippen molar-refractivity contribution in [2.24, 2.45) is 11.8 Å². The van der Waals surface area contributed by atoms with Crippen LogP contribution in [0.5, 0.6) is 0 Å². The van der Waals surface area contributed by atoms with Gasteiger partial charge in [0.05, 0.1) is 17.7 Å². The minimum Gasteiger partial charge on any atom is -0.472 e. The molecule has 0 saturated carbocycles. The fraction of sp³-hybridized carbons (Fsp3) is 0.500. The summed E-state index contributed by atoms with van der Waals surface area (Å²) >= 11 is 0. The molecule has 11 heteroatoms. The Kier molecular flexibility index (Phi) is 6.58. The van der Waals surface area contributed by atoms with Gasteiger partial charge in [-0.1, -0.05) is 24.3 Å². The van der Waals surface area contributed by atoms with Gasteiger partial charge in [-0.05, 0) is 36.1 Å². The van der Waals surface area contributed by atoms with Crippen LogP contribution in [0, 0.1) is 11.8 Å². The summed E-state index contributed by atoms with van der Waals surface area (Å²) in [6, 6.07) is 8.48. The topological polar surface area (TPSA) is 175 Å². The maximum atomic E-state index is 12.3. The predicted octanol–water partition coefficient (Wildman–Crippen LogP) is -1.27. The second-order valence-electron chi connectivity index (χ2n) is 8.21. The van der Waals surface area contributed by atoms with E-state index >= 15 is 0 Å². The Bertz CT molecular complexity index is 914. The fourth-order valence-electron chi connectivity index (χ4n) is 4.17. The Hall–Kier alpha value is -2.35. The van der Waals surface area contributed by atoms with E-state index in [1.807, 2.05) is 6.08 Å². The minimum absolute atomic E-state index is 0.0420. The zero-order valence-corrected chi connectivity index (χ0v) is 17.4. The van der Waals surface area contributed by atoms with Gasteiger partial charge in [0.1, 0.15) is 25.4 Å². The lowest BCUT2D eigenvalue weighted by Crippen LogP contribution is -2.74. The van der Waals surface area contributed by atoms with E-state index in [0.29, 0.717) is 17.6 Å². The van der Waals surface area contributed by atoms with Crippen molar-refractivity contribution in [2.45, 2.75) is 42.8 Å². The summed E-state index contributed by atoms with van der Waals surface area (Å²) in [6.07, 6.45) is -1.51. The molecule has 0 aromatic heterocycles. The van der Waals surface area contributed by atoms with Crippen molar-refractivity contribution in [1.82, 2.24) is 0 Å². The summed E-state index contributed by atoms with van der Waals surface area (Å²) < 4.78 is 21.6. The smallest absolute Gasteiger partial charge is 0.338 e. The van der Waals surface area contributed by atoms with Crippen LogP contribution in [0.1, 0.15) is 16.8 Å². The highest BCUT2D eigenvalue weighted by atomic mass is 16.8. The normalized spacial score (nSPS) is 37.1. The molecule has 0 spiro atoms. The molecule has 2 heterocycles. The quantitative estimate of drug-likeness (QED) is 0.168. The lowest BCUT2D eigenvalue weighted by molar-refractivity contribution is -0.484. The van der Waals surface area contributed by atoms with Crippen LogP contribution in [0.2, 0.25) is 0 Å². The number of rotatable bonds is 6. The second kappa shape index (κ2) is 9.12. The van der Waals surface area contributed by atoms with Gasteiger partial charge in [-0.2, -0.15) is 0 Å². The Morgan fingerprint density at radius 1 is 1.12 bits per heavy atom. The number of benzene rings is 1. The first-order chi connectivity index (χ1) is 15.7. The molecule has 2 aliphatic heterocycles. The van der Waals surface area contributed by atoms with Crippen LogP contribution in [0.15, 0.2) is 54.3 Å². The standard InChI is InChI=1S/C22H26O11/c23-11-21(27)22(28,29)17(25)16(24)20(33-21)32-19-15-12(8-9-30-19)6-7-14(15)10-31-18(26)13-4-2-1-3-5-13/h1-5,7-9,12,15-17,19-20,23-25,27-29H,6,10-11H2/t12-,15+,16+,17+,19?,20-,21+/m0/s1. The number of aliphatic hydroxyl groups excluding tert-OH is 3. The van der Waals surface area contributed by atoms with Gasteiger partial charge in [0.15, 0.2) is 6.29 Å². The molecule has 1 unspecified atom stereocenters. The fourth-order valence-corrected chi connectivity index (χ4v) is 4.17. The van der Waals surface area contributed by atoms with E-state index in [9.17, 15) is 35.4 Å². The van der Waals surface area contributed by atoms with Crippen LogP contribution in [0.3, 0.4) is 0 Å². The number of esters is 1. The summed E-state index contributed by atoms with van der Waals surface area (Å²) in [4.78, 5) is 12.3. The van der Waals surface area contributed by atoms with Gasteiger partial charge in [-0.15, -0.1) is 0 Å². The second-order valence-corrected chi connectivity index (χ2v) is 8.21. The summed E-state index contributed by atoms with van der Waals surface area (Å²) in [5.74, 6) is -7.43. The number of hydrogen-bond donors (Lipinski definition) is 6. The van der Waals surface area contributed by atoms with Gasteiger partial charge in [0.25, 0.3) is 5.79 Å². The first-order valence-electron chi connectivity index (χ1n) is 10.4. The van der Waals surface area contributed by atoms with Gasteiger partial charge in [-0.3, -0.25) is 0 Å². The highest BCUT2D eigenvalue weighted by Crippen LogP contribution is 2.42. The SMILES string of the molecule is O=C(OCC1=CC[C@H]2C=COC(O[C@H]3O[C@](O)(CO)C(O)(O)[C@H](O)[C@H]3O)[C@@H]12)c1ccccc1. The summed E-state index contributed by atoms with van der Waals surface area (Å²) in [6.45, 7) is -1.35. The molecule has 7 atom stereocenters. The maximum absolute atomic E-state index is 12.3. The molecule has 180 valence electrons. The Labute approximate surface area is 188 Å². The van der Waals surface area contributed by atoms with Crippen molar-refractivity contribution < 1.29 is 54.4 Å². The highest BCUT2D eigenvalue weighted by molar-refractivity contribution is 5.89. The van der Waals surface area contributed by atoms with Crippen molar-refractivity contribution in [3.05, 3.63) is 59.9 Å². The molecular formula is C22H26O11. The molecule has 4 rings (SSSR count). The monoisotopic (exact) mass is 466 g/mol. The Morgan fingerprint density at radius 3 is 2.55 bits per heavy atom. The average Bonchev–Trinajstić information content (AvgIpc) is 3.24. The van der Waals surface area contributed by atoms with Crippen LogP contribution in [-0.4, -0.2) is 86.2 Å². The number of aliphatic hydroxyl groups is 6. The van der Waals surface area contributed by atoms with Gasteiger partial charge in [0, 0.05) is 0 Å². The van der Waals surface area contributed by atoms with Gasteiger partial charge < -0.3 is 49.6 Å². The molecule has 11 nitrogen and oxygen atoms in total. The third-order valence-electron chi connectivity index (χ3n) is 6.14. The van der Waals surface area contributed by atoms with E-state index in [0.717, 1.165) is 0 Å². The molecule has 0 radical (unpaired) electrons. The molecule has 1 fully saturated rings. The van der Waals surface area contributed by atoms with E-state index in [1.165, 1.54) is 6.26 Å². The van der Waals surface area contributed by atoms with Gasteiger partial charge >= 0.3 is 5.97 Å². The van der Waals surface area contributed by atoms with Crippen molar-refractivity contribution >= 4 is 5.97 Å². The molecule has 1 aliphatic carbocycles. The lowest BCUT2D eigenvalue weighted by atomic mass is 9.89. The largest absolute Gasteiger partial charge is 0.472 e. The third kappa shape index (κ3) is 4.29. The number of carbonyl (C=O) groups is 1.